The first-order chi connectivity index (χ1) is 8.49. The maximum Gasteiger partial charge on any atom is 0.337 e. The van der Waals surface area contributed by atoms with Gasteiger partial charge in [-0.3, -0.25) is 4.79 Å². The number of aromatic carboxylic acids is 1. The molecule has 98 valence electrons. The van der Waals surface area contributed by atoms with E-state index in [4.69, 9.17) is 15.6 Å². The normalized spacial score (nSPS) is 11.9. The van der Waals surface area contributed by atoms with E-state index in [1.807, 2.05) is 0 Å². The van der Waals surface area contributed by atoms with Crippen molar-refractivity contribution in [3.05, 3.63) is 28.2 Å². The molecule has 0 aliphatic rings. The molecule has 4 N–H and O–H groups in total. The van der Waals surface area contributed by atoms with E-state index in [0.717, 1.165) is 0 Å². The Morgan fingerprint density at radius 2 is 2.22 bits per heavy atom. The van der Waals surface area contributed by atoms with Gasteiger partial charge in [0.1, 0.15) is 6.10 Å². The first-order valence-corrected chi connectivity index (χ1v) is 5.85. The summed E-state index contributed by atoms with van der Waals surface area (Å²) in [6, 6.07) is 4.48. The van der Waals surface area contributed by atoms with E-state index in [1.165, 1.54) is 19.2 Å². The van der Waals surface area contributed by atoms with E-state index in [1.54, 1.807) is 6.07 Å². The van der Waals surface area contributed by atoms with Crippen LogP contribution in [0.2, 0.25) is 0 Å². The molecule has 18 heavy (non-hydrogen) atoms. The number of amides is 1. The number of benzene rings is 1. The molecule has 0 bridgehead atoms. The van der Waals surface area contributed by atoms with E-state index >= 15 is 0 Å². The standard InChI is InChI=1S/C11H13BrN2O4/c1-18-9(5-13)10(15)14-8-4-6(12)2-3-7(8)11(16)17/h2-4,9H,5,13H2,1H3,(H,14,15)(H,16,17). The van der Waals surface area contributed by atoms with Crippen molar-refractivity contribution >= 4 is 33.5 Å². The summed E-state index contributed by atoms with van der Waals surface area (Å²) >= 11 is 3.21. The highest BCUT2D eigenvalue weighted by atomic mass is 79.9. The number of carbonyl (C=O) groups excluding carboxylic acids is 1. The van der Waals surface area contributed by atoms with Gasteiger partial charge < -0.3 is 20.9 Å². The molecule has 1 aromatic carbocycles. The first kappa shape index (κ1) is 14.6. The number of halogens is 1. The lowest BCUT2D eigenvalue weighted by molar-refractivity contribution is -0.125. The minimum absolute atomic E-state index is 0.00146. The summed E-state index contributed by atoms with van der Waals surface area (Å²) in [6.07, 6.45) is -0.814. The smallest absolute Gasteiger partial charge is 0.337 e. The lowest BCUT2D eigenvalue weighted by atomic mass is 10.1. The van der Waals surface area contributed by atoms with Crippen molar-refractivity contribution in [1.29, 1.82) is 0 Å². The number of anilines is 1. The molecule has 1 rings (SSSR count). The topological polar surface area (TPSA) is 102 Å². The Hall–Kier alpha value is -1.44. The molecule has 0 fully saturated rings. The molecule has 0 heterocycles. The molecule has 7 heteroatoms. The molecule has 0 saturated carbocycles. The van der Waals surface area contributed by atoms with E-state index in [0.29, 0.717) is 4.47 Å². The molecule has 1 atom stereocenters. The third-order valence-electron chi connectivity index (χ3n) is 2.26. The number of methoxy groups -OCH3 is 1. The summed E-state index contributed by atoms with van der Waals surface area (Å²) in [5.41, 5.74) is 5.54. The Labute approximate surface area is 112 Å². The zero-order valence-electron chi connectivity index (χ0n) is 9.64. The SMILES string of the molecule is COC(CN)C(=O)Nc1cc(Br)ccc1C(=O)O. The molecule has 0 aliphatic carbocycles. The van der Waals surface area contributed by atoms with Gasteiger partial charge in [-0.25, -0.2) is 4.79 Å². The quantitative estimate of drug-likeness (QED) is 0.754. The van der Waals surface area contributed by atoms with Crippen LogP contribution in [0.15, 0.2) is 22.7 Å². The number of nitrogens with one attached hydrogen (secondary N) is 1. The van der Waals surface area contributed by atoms with Crippen LogP contribution in [-0.4, -0.2) is 36.7 Å². The maximum absolute atomic E-state index is 11.7. The van der Waals surface area contributed by atoms with Gasteiger partial charge in [0.15, 0.2) is 0 Å². The fourth-order valence-corrected chi connectivity index (χ4v) is 1.69. The summed E-state index contributed by atoms with van der Waals surface area (Å²) < 4.78 is 5.52. The predicted octanol–water partition coefficient (Wildman–Crippen LogP) is 1.06. The molecule has 1 unspecified atom stereocenters. The number of ether oxygens (including phenoxy) is 1. The highest BCUT2D eigenvalue weighted by molar-refractivity contribution is 9.10. The van der Waals surface area contributed by atoms with E-state index in [2.05, 4.69) is 21.2 Å². The molecule has 6 nitrogen and oxygen atoms in total. The van der Waals surface area contributed by atoms with Crippen LogP contribution in [0.5, 0.6) is 0 Å². The number of rotatable bonds is 5. The average molecular weight is 317 g/mol. The van der Waals surface area contributed by atoms with Crippen LogP contribution < -0.4 is 11.1 Å². The van der Waals surface area contributed by atoms with Gasteiger partial charge in [0.2, 0.25) is 0 Å². The zero-order chi connectivity index (χ0) is 13.7. The molecule has 0 aromatic heterocycles. The van der Waals surface area contributed by atoms with E-state index in [-0.39, 0.29) is 17.8 Å². The molecule has 1 aromatic rings. The van der Waals surface area contributed by atoms with E-state index in [9.17, 15) is 9.59 Å². The molecular formula is C11H13BrN2O4. The minimum Gasteiger partial charge on any atom is -0.478 e. The van der Waals surface area contributed by atoms with Crippen LogP contribution in [0.4, 0.5) is 5.69 Å². The highest BCUT2D eigenvalue weighted by Gasteiger charge is 2.19. The number of carboxylic acid groups (broad SMARTS) is 1. The second-order valence-corrected chi connectivity index (χ2v) is 4.36. The molecular weight excluding hydrogens is 304 g/mol. The summed E-state index contributed by atoms with van der Waals surface area (Å²) in [7, 11) is 1.36. The number of carboxylic acids is 1. The van der Waals surface area contributed by atoms with Crippen molar-refractivity contribution in [3.63, 3.8) is 0 Å². The van der Waals surface area contributed by atoms with Gasteiger partial charge in [-0.2, -0.15) is 0 Å². The lowest BCUT2D eigenvalue weighted by Crippen LogP contribution is -2.36. The van der Waals surface area contributed by atoms with Crippen molar-refractivity contribution in [3.8, 4) is 0 Å². The van der Waals surface area contributed by atoms with Crippen molar-refractivity contribution in [2.45, 2.75) is 6.10 Å². The number of hydrogen-bond donors (Lipinski definition) is 3. The van der Waals surface area contributed by atoms with Gasteiger partial charge in [0.25, 0.3) is 5.91 Å². The van der Waals surface area contributed by atoms with E-state index < -0.39 is 18.0 Å². The Morgan fingerprint density at radius 1 is 1.56 bits per heavy atom. The number of nitrogens with two attached hydrogens (primary N) is 1. The largest absolute Gasteiger partial charge is 0.478 e. The highest BCUT2D eigenvalue weighted by Crippen LogP contribution is 2.21. The van der Waals surface area contributed by atoms with Gasteiger partial charge in [-0.15, -0.1) is 0 Å². The molecule has 0 radical (unpaired) electrons. The van der Waals surface area contributed by atoms with Gasteiger partial charge in [-0.05, 0) is 18.2 Å². The lowest BCUT2D eigenvalue weighted by Gasteiger charge is -2.14. The average Bonchev–Trinajstić information content (AvgIpc) is 2.30. The van der Waals surface area contributed by atoms with Gasteiger partial charge in [0, 0.05) is 18.1 Å². The maximum atomic E-state index is 11.7. The van der Waals surface area contributed by atoms with Gasteiger partial charge in [-0.1, -0.05) is 15.9 Å². The molecule has 1 amide bonds. The second-order valence-electron chi connectivity index (χ2n) is 3.44. The van der Waals surface area contributed by atoms with Crippen LogP contribution in [-0.2, 0) is 9.53 Å². The van der Waals surface area contributed by atoms with Gasteiger partial charge >= 0.3 is 5.97 Å². The van der Waals surface area contributed by atoms with Crippen LogP contribution >= 0.6 is 15.9 Å². The summed E-state index contributed by atoms with van der Waals surface area (Å²) in [6.45, 7) is 0.0126. The Morgan fingerprint density at radius 3 is 2.72 bits per heavy atom. The molecule has 0 saturated heterocycles. The zero-order valence-corrected chi connectivity index (χ0v) is 11.2. The Kier molecular flexibility index (Phi) is 5.26. The number of hydrogen-bond acceptors (Lipinski definition) is 4. The van der Waals surface area contributed by atoms with Crippen LogP contribution in [0.1, 0.15) is 10.4 Å². The first-order valence-electron chi connectivity index (χ1n) is 5.06. The van der Waals surface area contributed by atoms with Gasteiger partial charge in [0.05, 0.1) is 11.3 Å². The predicted molar refractivity (Wildman–Crippen MR) is 69.6 cm³/mol. The van der Waals surface area contributed by atoms with Crippen molar-refractivity contribution in [2.24, 2.45) is 5.73 Å². The summed E-state index contributed by atoms with van der Waals surface area (Å²) in [4.78, 5) is 22.7. The fourth-order valence-electron chi connectivity index (χ4n) is 1.33. The Bertz CT molecular complexity index is 460. The monoisotopic (exact) mass is 316 g/mol. The summed E-state index contributed by atoms with van der Waals surface area (Å²) in [5, 5.41) is 11.5. The Balaban J connectivity index is 2.99. The minimum atomic E-state index is -1.13. The summed E-state index contributed by atoms with van der Waals surface area (Å²) in [5.74, 6) is -1.61. The van der Waals surface area contributed by atoms with Crippen LogP contribution in [0.25, 0.3) is 0 Å². The van der Waals surface area contributed by atoms with Crippen LogP contribution in [0, 0.1) is 0 Å². The third-order valence-corrected chi connectivity index (χ3v) is 2.75. The molecule has 0 aliphatic heterocycles. The third kappa shape index (κ3) is 3.52. The second kappa shape index (κ2) is 6.48. The van der Waals surface area contributed by atoms with Crippen molar-refractivity contribution in [2.75, 3.05) is 19.0 Å². The number of carbonyl (C=O) groups is 2. The van der Waals surface area contributed by atoms with Crippen molar-refractivity contribution in [1.82, 2.24) is 0 Å². The fraction of sp³-hybridized carbons (Fsp3) is 0.273. The molecule has 0 spiro atoms. The van der Waals surface area contributed by atoms with Crippen molar-refractivity contribution < 1.29 is 19.4 Å². The van der Waals surface area contributed by atoms with Crippen LogP contribution in [0.3, 0.4) is 0 Å².